The van der Waals surface area contributed by atoms with Crippen LogP contribution in [0.4, 0.5) is 0 Å². The number of carbonyl (C=O) groups excluding carboxylic acids is 1. The Morgan fingerprint density at radius 1 is 1.41 bits per heavy atom. The van der Waals surface area contributed by atoms with Gasteiger partial charge in [0.05, 0.1) is 4.91 Å². The molecule has 1 saturated heterocycles. The van der Waals surface area contributed by atoms with Crippen LogP contribution >= 0.6 is 51.2 Å². The summed E-state index contributed by atoms with van der Waals surface area (Å²) in [6.07, 6.45) is 4.20. The molecule has 1 amide bonds. The number of nitrogens with zero attached hydrogens (tertiary/aromatic N) is 1. The summed E-state index contributed by atoms with van der Waals surface area (Å²) in [5.74, 6) is -0.839. The van der Waals surface area contributed by atoms with E-state index in [0.29, 0.717) is 22.2 Å². The summed E-state index contributed by atoms with van der Waals surface area (Å²) in [6, 6.07) is 1.96. The molecule has 2 heterocycles. The third kappa shape index (κ3) is 4.91. The Bertz CT molecular complexity index is 627. The molecule has 4 nitrogen and oxygen atoms in total. The zero-order valence-electron chi connectivity index (χ0n) is 11.6. The second-order valence-electron chi connectivity index (χ2n) is 4.71. The molecule has 22 heavy (non-hydrogen) atoms. The van der Waals surface area contributed by atoms with Gasteiger partial charge in [-0.05, 0) is 40.9 Å². The summed E-state index contributed by atoms with van der Waals surface area (Å²) in [7, 11) is 0. The van der Waals surface area contributed by atoms with Gasteiger partial charge in [-0.3, -0.25) is 14.5 Å². The quantitative estimate of drug-likeness (QED) is 0.404. The van der Waals surface area contributed by atoms with Gasteiger partial charge in [0.25, 0.3) is 5.91 Å². The highest BCUT2D eigenvalue weighted by Crippen LogP contribution is 2.34. The Morgan fingerprint density at radius 3 is 2.82 bits per heavy atom. The van der Waals surface area contributed by atoms with Crippen LogP contribution < -0.4 is 0 Å². The number of unbranched alkanes of at least 4 members (excludes halogenated alkanes) is 2. The van der Waals surface area contributed by atoms with E-state index in [0.717, 1.165) is 22.2 Å². The standard InChI is InChI=1S/C14H14BrNO3S3/c15-9-6-10(21-8-9)7-11-13(19)16(14(20)22-11)5-3-1-2-4-12(17)18/h6-8H,1-5H2,(H,17,18)/b11-7+. The van der Waals surface area contributed by atoms with Crippen molar-refractivity contribution < 1.29 is 14.7 Å². The van der Waals surface area contributed by atoms with Crippen molar-refractivity contribution in [3.8, 4) is 0 Å². The fourth-order valence-electron chi connectivity index (χ4n) is 1.95. The number of hydrogen-bond donors (Lipinski definition) is 1. The SMILES string of the molecule is O=C(O)CCCCCN1C(=O)/C(=C\c2cc(Br)cs2)SC1=S. The number of thiophene rings is 1. The highest BCUT2D eigenvalue weighted by molar-refractivity contribution is 9.10. The summed E-state index contributed by atoms with van der Waals surface area (Å²) < 4.78 is 1.57. The lowest BCUT2D eigenvalue weighted by Crippen LogP contribution is -2.29. The van der Waals surface area contributed by atoms with E-state index in [1.165, 1.54) is 11.8 Å². The molecular formula is C14H14BrNO3S3. The van der Waals surface area contributed by atoms with E-state index in [-0.39, 0.29) is 12.3 Å². The average molecular weight is 420 g/mol. The van der Waals surface area contributed by atoms with Crippen LogP contribution in [0.5, 0.6) is 0 Å². The van der Waals surface area contributed by atoms with Gasteiger partial charge >= 0.3 is 5.97 Å². The van der Waals surface area contributed by atoms with Crippen LogP contribution in [-0.4, -0.2) is 32.7 Å². The fourth-order valence-corrected chi connectivity index (χ4v) is 4.70. The maximum Gasteiger partial charge on any atom is 0.303 e. The van der Waals surface area contributed by atoms with Gasteiger partial charge in [0.1, 0.15) is 4.32 Å². The van der Waals surface area contributed by atoms with Gasteiger partial charge in [-0.15, -0.1) is 11.3 Å². The van der Waals surface area contributed by atoms with E-state index in [1.54, 1.807) is 16.2 Å². The predicted molar refractivity (Wildman–Crippen MR) is 98.0 cm³/mol. The van der Waals surface area contributed by atoms with Crippen LogP contribution in [0, 0.1) is 0 Å². The lowest BCUT2D eigenvalue weighted by molar-refractivity contribution is -0.137. The number of thioether (sulfide) groups is 1. The maximum atomic E-state index is 12.3. The minimum Gasteiger partial charge on any atom is -0.481 e. The Labute approximate surface area is 150 Å². The first-order valence-electron chi connectivity index (χ1n) is 6.68. The molecule has 0 unspecified atom stereocenters. The largest absolute Gasteiger partial charge is 0.481 e. The van der Waals surface area contributed by atoms with Gasteiger partial charge in [-0.25, -0.2) is 0 Å². The van der Waals surface area contributed by atoms with E-state index < -0.39 is 5.97 Å². The molecule has 8 heteroatoms. The zero-order chi connectivity index (χ0) is 16.1. The van der Waals surface area contributed by atoms with Crippen molar-refractivity contribution in [1.29, 1.82) is 0 Å². The van der Waals surface area contributed by atoms with Crippen molar-refractivity contribution in [1.82, 2.24) is 4.90 Å². The smallest absolute Gasteiger partial charge is 0.303 e. The van der Waals surface area contributed by atoms with Crippen molar-refractivity contribution in [3.63, 3.8) is 0 Å². The Morgan fingerprint density at radius 2 is 2.18 bits per heavy atom. The predicted octanol–water partition coefficient (Wildman–Crippen LogP) is 4.36. The molecule has 1 aliphatic heterocycles. The van der Waals surface area contributed by atoms with Crippen molar-refractivity contribution in [2.75, 3.05) is 6.54 Å². The second kappa shape index (κ2) is 8.24. The molecule has 118 valence electrons. The van der Waals surface area contributed by atoms with Crippen LogP contribution in [0.25, 0.3) is 6.08 Å². The average Bonchev–Trinajstić information content (AvgIpc) is 2.96. The van der Waals surface area contributed by atoms with Gasteiger partial charge in [-0.1, -0.05) is 30.4 Å². The number of hydrogen-bond acceptors (Lipinski definition) is 5. The van der Waals surface area contributed by atoms with Gasteiger partial charge < -0.3 is 5.11 Å². The number of amides is 1. The second-order valence-corrected chi connectivity index (χ2v) is 8.24. The van der Waals surface area contributed by atoms with Gasteiger partial charge in [-0.2, -0.15) is 0 Å². The van der Waals surface area contributed by atoms with Crippen molar-refractivity contribution in [2.24, 2.45) is 0 Å². The van der Waals surface area contributed by atoms with E-state index >= 15 is 0 Å². The molecule has 0 atom stereocenters. The number of rotatable bonds is 7. The topological polar surface area (TPSA) is 57.6 Å². The van der Waals surface area contributed by atoms with Crippen LogP contribution in [0.15, 0.2) is 20.8 Å². The minimum atomic E-state index is -0.782. The number of carboxylic acid groups (broad SMARTS) is 1. The molecule has 0 spiro atoms. The number of carboxylic acids is 1. The number of halogens is 1. The minimum absolute atomic E-state index is 0.0576. The summed E-state index contributed by atoms with van der Waals surface area (Å²) >= 11 is 11.5. The first-order chi connectivity index (χ1) is 10.5. The summed E-state index contributed by atoms with van der Waals surface area (Å²) in [5.41, 5.74) is 0. The molecule has 0 saturated carbocycles. The van der Waals surface area contributed by atoms with Crippen LogP contribution in [0.1, 0.15) is 30.6 Å². The Hall–Kier alpha value is -0.700. The van der Waals surface area contributed by atoms with Gasteiger partial charge in [0.15, 0.2) is 0 Å². The zero-order valence-corrected chi connectivity index (χ0v) is 15.6. The molecule has 1 aliphatic rings. The highest BCUT2D eigenvalue weighted by Gasteiger charge is 2.31. The van der Waals surface area contributed by atoms with E-state index in [9.17, 15) is 9.59 Å². The fraction of sp³-hybridized carbons (Fsp3) is 0.357. The molecule has 1 aromatic heterocycles. The maximum absolute atomic E-state index is 12.3. The van der Waals surface area contributed by atoms with Crippen LogP contribution in [-0.2, 0) is 9.59 Å². The third-order valence-corrected chi connectivity index (χ3v) is 6.03. The summed E-state index contributed by atoms with van der Waals surface area (Å²) in [4.78, 5) is 26.0. The Balaban J connectivity index is 1.89. The molecule has 1 aromatic rings. The van der Waals surface area contributed by atoms with Crippen LogP contribution in [0.3, 0.4) is 0 Å². The lowest BCUT2D eigenvalue weighted by Gasteiger charge is -2.13. The molecule has 1 N–H and O–H groups in total. The lowest BCUT2D eigenvalue weighted by atomic mass is 10.2. The third-order valence-electron chi connectivity index (χ3n) is 3.01. The molecule has 2 rings (SSSR count). The molecule has 0 radical (unpaired) electrons. The Kier molecular flexibility index (Phi) is 6.61. The van der Waals surface area contributed by atoms with Crippen LogP contribution in [0.2, 0.25) is 0 Å². The van der Waals surface area contributed by atoms with Gasteiger partial charge in [0.2, 0.25) is 0 Å². The molecular weight excluding hydrogens is 406 g/mol. The first kappa shape index (κ1) is 17.7. The summed E-state index contributed by atoms with van der Waals surface area (Å²) in [5, 5.41) is 10.6. The number of thiocarbonyl (C=S) groups is 1. The monoisotopic (exact) mass is 419 g/mol. The molecule has 0 bridgehead atoms. The number of carbonyl (C=O) groups is 2. The van der Waals surface area contributed by atoms with E-state index in [2.05, 4.69) is 15.9 Å². The number of aliphatic carboxylic acids is 1. The molecule has 1 fully saturated rings. The van der Waals surface area contributed by atoms with Crippen molar-refractivity contribution in [2.45, 2.75) is 25.7 Å². The van der Waals surface area contributed by atoms with E-state index in [1.807, 2.05) is 17.5 Å². The van der Waals surface area contributed by atoms with Gasteiger partial charge in [0, 0.05) is 27.7 Å². The first-order valence-corrected chi connectivity index (χ1v) is 9.58. The highest BCUT2D eigenvalue weighted by atomic mass is 79.9. The molecule has 0 aliphatic carbocycles. The van der Waals surface area contributed by atoms with E-state index in [4.69, 9.17) is 17.3 Å². The summed E-state index contributed by atoms with van der Waals surface area (Å²) in [6.45, 7) is 0.551. The van der Waals surface area contributed by atoms with Crippen molar-refractivity contribution in [3.05, 3.63) is 25.7 Å². The normalized spacial score (nSPS) is 16.8. The van der Waals surface area contributed by atoms with Crippen molar-refractivity contribution >= 4 is 73.5 Å². The molecule has 0 aromatic carbocycles.